The molecule has 0 aliphatic carbocycles. The van der Waals surface area contributed by atoms with E-state index in [4.69, 9.17) is 5.73 Å². The largest absolute Gasteiger partial charge is 0.327 e. The van der Waals surface area contributed by atoms with Crippen LogP contribution in [0.15, 0.2) is 35.7 Å². The highest BCUT2D eigenvalue weighted by molar-refractivity contribution is 7.10. The van der Waals surface area contributed by atoms with E-state index in [1.54, 1.807) is 11.3 Å². The van der Waals surface area contributed by atoms with Gasteiger partial charge >= 0.3 is 0 Å². The van der Waals surface area contributed by atoms with Crippen molar-refractivity contribution in [3.05, 3.63) is 46.3 Å². The third kappa shape index (κ3) is 2.56. The summed E-state index contributed by atoms with van der Waals surface area (Å²) in [5.41, 5.74) is 8.86. The molecular formula is C13H14N2S. The van der Waals surface area contributed by atoms with Gasteiger partial charge in [0.15, 0.2) is 0 Å². The fourth-order valence-electron chi connectivity index (χ4n) is 1.39. The lowest BCUT2D eigenvalue weighted by Crippen LogP contribution is -1.91. The molecule has 16 heavy (non-hydrogen) atoms. The number of aromatic nitrogens is 1. The Morgan fingerprint density at radius 2 is 2.06 bits per heavy atom. The molecule has 1 aromatic carbocycles. The van der Waals surface area contributed by atoms with Crippen LogP contribution in [0.3, 0.4) is 0 Å². The van der Waals surface area contributed by atoms with E-state index >= 15 is 0 Å². The molecule has 0 radical (unpaired) electrons. The summed E-state index contributed by atoms with van der Waals surface area (Å²) in [6.07, 6.45) is 3.88. The molecule has 1 heterocycles. The van der Waals surface area contributed by atoms with Crippen LogP contribution in [-0.4, -0.2) is 11.5 Å². The molecule has 0 amide bonds. The molecule has 0 fully saturated rings. The van der Waals surface area contributed by atoms with Crippen molar-refractivity contribution in [1.29, 1.82) is 0 Å². The molecule has 2 rings (SSSR count). The van der Waals surface area contributed by atoms with Gasteiger partial charge in [-0.25, -0.2) is 4.98 Å². The number of benzene rings is 1. The zero-order valence-corrected chi connectivity index (χ0v) is 10.00. The van der Waals surface area contributed by atoms with E-state index in [2.05, 4.69) is 41.6 Å². The van der Waals surface area contributed by atoms with Gasteiger partial charge in [-0.3, -0.25) is 0 Å². The van der Waals surface area contributed by atoms with Crippen LogP contribution >= 0.6 is 11.3 Å². The molecule has 1 aromatic heterocycles. The fraction of sp³-hybridized carbons (Fsp3) is 0.154. The predicted molar refractivity (Wildman–Crippen MR) is 70.4 cm³/mol. The summed E-state index contributed by atoms with van der Waals surface area (Å²) >= 11 is 1.64. The van der Waals surface area contributed by atoms with Crippen LogP contribution in [-0.2, 0) is 0 Å². The number of thiazole rings is 1. The summed E-state index contributed by atoms with van der Waals surface area (Å²) in [5, 5.41) is 3.07. The number of hydrogen-bond donors (Lipinski definition) is 1. The van der Waals surface area contributed by atoms with Gasteiger partial charge in [-0.05, 0) is 13.0 Å². The van der Waals surface area contributed by atoms with Crippen LogP contribution in [0.25, 0.3) is 17.3 Å². The third-order valence-electron chi connectivity index (χ3n) is 2.27. The minimum atomic E-state index is 0.555. The van der Waals surface area contributed by atoms with Crippen LogP contribution < -0.4 is 5.73 Å². The zero-order chi connectivity index (χ0) is 11.4. The van der Waals surface area contributed by atoms with E-state index in [0.29, 0.717) is 6.54 Å². The molecule has 0 saturated carbocycles. The molecule has 0 atom stereocenters. The lowest BCUT2D eigenvalue weighted by molar-refractivity contribution is 1.26. The molecule has 0 saturated heterocycles. The van der Waals surface area contributed by atoms with Crippen LogP contribution in [0, 0.1) is 6.92 Å². The quantitative estimate of drug-likeness (QED) is 0.880. The van der Waals surface area contributed by atoms with Gasteiger partial charge in [0.1, 0.15) is 5.01 Å². The highest BCUT2D eigenvalue weighted by Gasteiger charge is 2.01. The summed E-state index contributed by atoms with van der Waals surface area (Å²) in [6.45, 7) is 2.64. The highest BCUT2D eigenvalue weighted by atomic mass is 32.1. The molecule has 82 valence electrons. The number of rotatable bonds is 3. The summed E-state index contributed by atoms with van der Waals surface area (Å²) < 4.78 is 0. The smallest absolute Gasteiger partial charge is 0.116 e. The van der Waals surface area contributed by atoms with E-state index < -0.39 is 0 Å². The average Bonchev–Trinajstić information content (AvgIpc) is 2.76. The second-order valence-corrected chi connectivity index (χ2v) is 4.46. The van der Waals surface area contributed by atoms with Gasteiger partial charge in [-0.15, -0.1) is 11.3 Å². The van der Waals surface area contributed by atoms with Crippen molar-refractivity contribution in [2.75, 3.05) is 6.54 Å². The van der Waals surface area contributed by atoms with E-state index in [1.807, 2.05) is 12.2 Å². The lowest BCUT2D eigenvalue weighted by atomic mass is 10.1. The van der Waals surface area contributed by atoms with Crippen molar-refractivity contribution in [2.45, 2.75) is 6.92 Å². The summed E-state index contributed by atoms with van der Waals surface area (Å²) in [5.74, 6) is 0. The highest BCUT2D eigenvalue weighted by Crippen LogP contribution is 2.22. The summed E-state index contributed by atoms with van der Waals surface area (Å²) in [6, 6.07) is 8.40. The topological polar surface area (TPSA) is 38.9 Å². The molecule has 0 spiro atoms. The van der Waals surface area contributed by atoms with Crippen molar-refractivity contribution in [3.8, 4) is 11.3 Å². The van der Waals surface area contributed by atoms with E-state index in [1.165, 1.54) is 5.56 Å². The van der Waals surface area contributed by atoms with Gasteiger partial charge in [0.2, 0.25) is 0 Å². The Morgan fingerprint density at radius 1 is 1.31 bits per heavy atom. The number of nitrogens with two attached hydrogens (primary N) is 1. The van der Waals surface area contributed by atoms with Crippen molar-refractivity contribution in [3.63, 3.8) is 0 Å². The molecule has 2 aromatic rings. The van der Waals surface area contributed by atoms with Gasteiger partial charge < -0.3 is 5.73 Å². The first-order valence-corrected chi connectivity index (χ1v) is 6.07. The van der Waals surface area contributed by atoms with E-state index in [-0.39, 0.29) is 0 Å². The van der Waals surface area contributed by atoms with Crippen LogP contribution in [0.2, 0.25) is 0 Å². The zero-order valence-electron chi connectivity index (χ0n) is 9.18. The second-order valence-electron chi connectivity index (χ2n) is 3.58. The molecule has 0 aliphatic heterocycles. The maximum Gasteiger partial charge on any atom is 0.116 e. The van der Waals surface area contributed by atoms with Crippen molar-refractivity contribution in [2.24, 2.45) is 5.73 Å². The van der Waals surface area contributed by atoms with Crippen LogP contribution in [0.1, 0.15) is 10.6 Å². The van der Waals surface area contributed by atoms with E-state index in [9.17, 15) is 0 Å². The Labute approximate surface area is 99.5 Å². The standard InChI is InChI=1S/C13H14N2S/c1-10-4-6-11(7-5-10)12-9-16-13(15-12)3-2-8-14/h2-7,9H,8,14H2,1H3. The molecule has 0 bridgehead atoms. The first-order chi connectivity index (χ1) is 7.79. The molecule has 0 aliphatic rings. The van der Waals surface area contributed by atoms with E-state index in [0.717, 1.165) is 16.3 Å². The SMILES string of the molecule is Cc1ccc(-c2csc(C=CCN)n2)cc1. The molecular weight excluding hydrogens is 216 g/mol. The Balaban J connectivity index is 2.24. The van der Waals surface area contributed by atoms with Crippen LogP contribution in [0.4, 0.5) is 0 Å². The fourth-order valence-corrected chi connectivity index (χ4v) is 2.14. The average molecular weight is 230 g/mol. The molecule has 2 N–H and O–H groups in total. The normalized spacial score (nSPS) is 11.1. The number of nitrogens with zero attached hydrogens (tertiary/aromatic N) is 1. The number of aryl methyl sites for hydroxylation is 1. The van der Waals surface area contributed by atoms with Gasteiger partial charge in [-0.1, -0.05) is 35.9 Å². The van der Waals surface area contributed by atoms with Gasteiger partial charge in [-0.2, -0.15) is 0 Å². The molecule has 2 nitrogen and oxygen atoms in total. The summed E-state index contributed by atoms with van der Waals surface area (Å²) in [7, 11) is 0. The predicted octanol–water partition coefficient (Wildman–Crippen LogP) is 3.09. The Hall–Kier alpha value is -1.45. The van der Waals surface area contributed by atoms with Crippen molar-refractivity contribution in [1.82, 2.24) is 4.98 Å². The molecule has 0 unspecified atom stereocenters. The summed E-state index contributed by atoms with van der Waals surface area (Å²) in [4.78, 5) is 4.52. The van der Waals surface area contributed by atoms with Gasteiger partial charge in [0.25, 0.3) is 0 Å². The second kappa shape index (κ2) is 5.05. The van der Waals surface area contributed by atoms with Crippen LogP contribution in [0.5, 0.6) is 0 Å². The minimum Gasteiger partial charge on any atom is -0.327 e. The molecule has 3 heteroatoms. The Kier molecular flexibility index (Phi) is 3.49. The lowest BCUT2D eigenvalue weighted by Gasteiger charge is -1.96. The monoisotopic (exact) mass is 230 g/mol. The maximum absolute atomic E-state index is 5.40. The third-order valence-corrected chi connectivity index (χ3v) is 3.08. The maximum atomic E-state index is 5.40. The Morgan fingerprint density at radius 3 is 2.75 bits per heavy atom. The minimum absolute atomic E-state index is 0.555. The Bertz CT molecular complexity index is 483. The van der Waals surface area contributed by atoms with Gasteiger partial charge in [0, 0.05) is 17.5 Å². The van der Waals surface area contributed by atoms with Gasteiger partial charge in [0.05, 0.1) is 5.69 Å². The number of hydrogen-bond acceptors (Lipinski definition) is 3. The first kappa shape index (κ1) is 11.0. The van der Waals surface area contributed by atoms with Crippen molar-refractivity contribution < 1.29 is 0 Å². The van der Waals surface area contributed by atoms with Crippen molar-refractivity contribution >= 4 is 17.4 Å². The first-order valence-electron chi connectivity index (χ1n) is 5.19.